The molecule has 2 aliphatic rings. The number of aliphatic imine (C=N–C) groups is 2. The van der Waals surface area contributed by atoms with Crippen molar-refractivity contribution in [1.29, 1.82) is 5.26 Å². The third-order valence-corrected chi connectivity index (χ3v) is 6.48. The maximum absolute atomic E-state index is 8.43. The summed E-state index contributed by atoms with van der Waals surface area (Å²) in [6.07, 6.45) is 4.91. The molecule has 2 aliphatic heterocycles. The molecular formula is C32H45CdN7O9. The minimum atomic E-state index is -1.50. The van der Waals surface area contributed by atoms with Gasteiger partial charge in [0.25, 0.3) is 10.2 Å². The molecule has 0 saturated carbocycles. The Morgan fingerprint density at radius 1 is 0.939 bits per heavy atom. The number of nitrogens with zero attached hydrogens (tertiary/aromatic N) is 6. The maximum Gasteiger partial charge on any atom is 0.291 e. The first-order valence-corrected chi connectivity index (χ1v) is 15.2. The van der Waals surface area contributed by atoms with Crippen LogP contribution in [-0.2, 0) is 62.6 Å². The molecule has 0 amide bonds. The number of benzene rings is 2. The van der Waals surface area contributed by atoms with Crippen molar-refractivity contribution in [2.45, 2.75) is 84.0 Å². The van der Waals surface area contributed by atoms with Crippen molar-refractivity contribution in [3.63, 3.8) is 0 Å². The summed E-state index contributed by atoms with van der Waals surface area (Å²) in [5, 5.41) is 43.9. The molecule has 5 N–H and O–H groups in total. The zero-order chi connectivity index (χ0) is 36.3. The largest absolute Gasteiger partial charge is 0.478 e. The van der Waals surface area contributed by atoms with Gasteiger partial charge in [-0.2, -0.15) is 5.26 Å². The van der Waals surface area contributed by atoms with E-state index in [0.29, 0.717) is 25.0 Å². The molecule has 3 unspecified atom stereocenters. The van der Waals surface area contributed by atoms with Gasteiger partial charge in [0.05, 0.1) is 31.2 Å². The fourth-order valence-corrected chi connectivity index (χ4v) is 3.90. The molecule has 0 bridgehead atoms. The molecule has 16 nitrogen and oxygen atoms in total. The van der Waals surface area contributed by atoms with Gasteiger partial charge in [-0.25, -0.2) is 16.6 Å². The molecule has 2 aromatic rings. The van der Waals surface area contributed by atoms with Crippen LogP contribution >= 0.6 is 0 Å². The average molecular weight is 784 g/mol. The zero-order valence-electron chi connectivity index (χ0n) is 28.2. The second kappa shape index (κ2) is 28.6. The third kappa shape index (κ3) is 24.4. The second-order valence-electron chi connectivity index (χ2n) is 10.3. The fraction of sp³-hybridized carbons (Fsp3) is 0.500. The van der Waals surface area contributed by atoms with Gasteiger partial charge in [0.1, 0.15) is 13.2 Å². The van der Waals surface area contributed by atoms with Gasteiger partial charge >= 0.3 is 0 Å². The summed E-state index contributed by atoms with van der Waals surface area (Å²) in [4.78, 5) is 29.2. The summed E-state index contributed by atoms with van der Waals surface area (Å²) in [7, 11) is 0. The van der Waals surface area contributed by atoms with Crippen LogP contribution < -0.4 is 5.73 Å². The molecule has 3 atom stereocenters. The number of aliphatic hydroxyl groups is 1. The number of aliphatic hydroxyl groups excluding tert-OH is 1. The summed E-state index contributed by atoms with van der Waals surface area (Å²) in [5.74, 6) is 1.73. The molecule has 0 aromatic heterocycles. The van der Waals surface area contributed by atoms with Crippen LogP contribution in [0, 0.1) is 38.1 Å². The van der Waals surface area contributed by atoms with Gasteiger partial charge in [0.2, 0.25) is 6.54 Å². The van der Waals surface area contributed by atoms with E-state index in [9.17, 15) is 0 Å². The van der Waals surface area contributed by atoms with Crippen LogP contribution in [0.2, 0.25) is 0 Å². The molecule has 4 rings (SSSR count). The molecule has 0 saturated heterocycles. The Kier molecular flexibility index (Phi) is 27.3. The first kappa shape index (κ1) is 46.7. The van der Waals surface area contributed by atoms with Gasteiger partial charge in [0, 0.05) is 51.7 Å². The van der Waals surface area contributed by atoms with E-state index in [1.807, 2.05) is 31.2 Å². The smallest absolute Gasteiger partial charge is 0.291 e. The Hall–Kier alpha value is -4.40. The van der Waals surface area contributed by atoms with E-state index in [4.69, 9.17) is 62.8 Å². The van der Waals surface area contributed by atoms with Crippen molar-refractivity contribution in [2.24, 2.45) is 15.7 Å². The second-order valence-corrected chi connectivity index (χ2v) is 10.3. The quantitative estimate of drug-likeness (QED) is 0.114. The zero-order valence-corrected chi connectivity index (χ0v) is 32.2. The van der Waals surface area contributed by atoms with E-state index >= 15 is 0 Å². The normalized spacial score (nSPS) is 15.5. The first-order chi connectivity index (χ1) is 22.9. The maximum atomic E-state index is 8.43. The molecule has 0 spiro atoms. The van der Waals surface area contributed by atoms with Gasteiger partial charge in [-0.05, 0) is 42.0 Å². The number of ether oxygens (including phenoxy) is 2. The predicted molar refractivity (Wildman–Crippen MR) is 178 cm³/mol. The van der Waals surface area contributed by atoms with Crippen LogP contribution in [-0.4, -0.2) is 75.4 Å². The molecule has 2 aromatic carbocycles. The summed E-state index contributed by atoms with van der Waals surface area (Å²) in [6, 6.07) is 18.9. The molecule has 0 aliphatic carbocycles. The SMILES string of the molecule is CCC(N)CO.CCC1COC(Cc2cccc(CC3=NC(CC)CO3)c2)=N1.O=[N+]([O-])O.O=[N+]([O-])O.[C-]#[N+]Cc1cccc(CC#N)c1.[Cd]. The Bertz CT molecular complexity index is 1300. The molecule has 0 fully saturated rings. The van der Waals surface area contributed by atoms with Crippen LogP contribution in [0.5, 0.6) is 0 Å². The summed E-state index contributed by atoms with van der Waals surface area (Å²) in [5.41, 5.74) is 9.66. The van der Waals surface area contributed by atoms with Crippen molar-refractivity contribution < 1.29 is 62.5 Å². The number of hydrogen-bond donors (Lipinski definition) is 4. The number of rotatable bonds is 10. The van der Waals surface area contributed by atoms with Crippen LogP contribution in [0.25, 0.3) is 4.85 Å². The van der Waals surface area contributed by atoms with Crippen molar-refractivity contribution in [3.8, 4) is 6.07 Å². The summed E-state index contributed by atoms with van der Waals surface area (Å²) >= 11 is 0. The van der Waals surface area contributed by atoms with Gasteiger partial charge in [0.15, 0.2) is 11.8 Å². The van der Waals surface area contributed by atoms with Crippen LogP contribution in [0.1, 0.15) is 62.3 Å². The van der Waals surface area contributed by atoms with Crippen molar-refractivity contribution in [2.75, 3.05) is 19.8 Å². The Labute approximate surface area is 306 Å². The van der Waals surface area contributed by atoms with E-state index in [0.717, 1.165) is 68.2 Å². The van der Waals surface area contributed by atoms with E-state index < -0.39 is 10.2 Å². The molecular weight excluding hydrogens is 739 g/mol. The number of nitrogens with two attached hydrogens (primary N) is 1. The molecule has 2 heterocycles. The molecule has 49 heavy (non-hydrogen) atoms. The molecule has 17 heteroatoms. The van der Waals surface area contributed by atoms with Crippen molar-refractivity contribution in [1.82, 2.24) is 0 Å². The van der Waals surface area contributed by atoms with Crippen LogP contribution in [0.4, 0.5) is 0 Å². The van der Waals surface area contributed by atoms with E-state index in [1.165, 1.54) is 11.1 Å². The van der Waals surface area contributed by atoms with Gasteiger partial charge in [-0.1, -0.05) is 63.2 Å². The van der Waals surface area contributed by atoms with Crippen LogP contribution in [0.3, 0.4) is 0 Å². The van der Waals surface area contributed by atoms with Crippen LogP contribution in [0.15, 0.2) is 58.5 Å². The van der Waals surface area contributed by atoms with Gasteiger partial charge in [-0.15, -0.1) is 20.2 Å². The Morgan fingerprint density at radius 3 is 1.67 bits per heavy atom. The fourth-order valence-electron chi connectivity index (χ4n) is 3.90. The summed E-state index contributed by atoms with van der Waals surface area (Å²) < 4.78 is 11.3. The molecule has 264 valence electrons. The topological polar surface area (TPSA) is 244 Å². The minimum Gasteiger partial charge on any atom is -0.478 e. The predicted octanol–water partition coefficient (Wildman–Crippen LogP) is 4.38. The first-order valence-electron chi connectivity index (χ1n) is 15.2. The average Bonchev–Trinajstić information content (AvgIpc) is 3.70. The van der Waals surface area contributed by atoms with Gasteiger partial charge in [-0.3, -0.25) is 0 Å². The van der Waals surface area contributed by atoms with E-state index in [-0.39, 0.29) is 39.9 Å². The number of hydrogen-bond acceptors (Lipinski definition) is 11. The third-order valence-electron chi connectivity index (χ3n) is 6.48. The summed E-state index contributed by atoms with van der Waals surface area (Å²) in [6.45, 7) is 14.9. The monoisotopic (exact) mass is 785 g/mol. The molecule has 0 radical (unpaired) electrons. The van der Waals surface area contributed by atoms with Crippen molar-refractivity contribution >= 4 is 11.8 Å². The Balaban J connectivity index is 0. The Morgan fingerprint density at radius 2 is 1.35 bits per heavy atom. The number of nitriles is 1. The van der Waals surface area contributed by atoms with E-state index in [2.05, 4.69) is 59.0 Å². The minimum absolute atomic E-state index is 0. The van der Waals surface area contributed by atoms with Crippen molar-refractivity contribution in [3.05, 3.63) is 102 Å². The van der Waals surface area contributed by atoms with Gasteiger partial charge < -0.3 is 35.6 Å². The van der Waals surface area contributed by atoms with E-state index in [1.54, 1.807) is 0 Å². The standard InChI is InChI=1S/C18H24N2O2.C10H8N2.C4H11NO.Cd.2HNO3/c1-3-15-11-21-17(19-15)9-13-6-5-7-14(8-13)10-18-20-16(4-2)12-22-18;1-12-8-10-4-2-3-9(7-10)5-6-11;1-2-4(5)3-6;;2*2-1(3)4/h5-8,15-16H,3-4,9-12H2,1-2H3;2-4,7H,5,8H2;4,6H,2-3,5H2,1H3;;2*(H,2,3,4).